The van der Waals surface area contributed by atoms with Gasteiger partial charge in [-0.05, 0) is 64.8 Å². The number of rotatable bonds is 3. The van der Waals surface area contributed by atoms with Crippen LogP contribution in [0.15, 0.2) is 78.9 Å². The van der Waals surface area contributed by atoms with Gasteiger partial charge in [-0.1, -0.05) is 60.7 Å². The molecular weight excluding hydrogens is 276 g/mol. The van der Waals surface area contributed by atoms with E-state index in [0.29, 0.717) is 5.92 Å². The molecule has 0 saturated heterocycles. The van der Waals surface area contributed by atoms with Crippen molar-refractivity contribution in [3.05, 3.63) is 90.1 Å². The minimum Gasteiger partial charge on any atom is -0.103 e. The summed E-state index contributed by atoms with van der Waals surface area (Å²) >= 11 is 0. The van der Waals surface area contributed by atoms with Crippen molar-refractivity contribution in [2.75, 3.05) is 0 Å². The first-order chi connectivity index (χ1) is 11.3. The van der Waals surface area contributed by atoms with E-state index in [1.807, 2.05) is 6.08 Å². The highest BCUT2D eigenvalue weighted by molar-refractivity contribution is 5.88. The molecule has 23 heavy (non-hydrogen) atoms. The van der Waals surface area contributed by atoms with Gasteiger partial charge in [0.05, 0.1) is 0 Å². The second-order valence-corrected chi connectivity index (χ2v) is 6.57. The maximum atomic E-state index is 3.83. The van der Waals surface area contributed by atoms with Crippen molar-refractivity contribution in [3.8, 4) is 0 Å². The Morgan fingerprint density at radius 2 is 1.91 bits per heavy atom. The third-order valence-electron chi connectivity index (χ3n) is 5.05. The molecule has 0 N–H and O–H groups in total. The van der Waals surface area contributed by atoms with E-state index in [0.717, 1.165) is 6.42 Å². The lowest BCUT2D eigenvalue weighted by atomic mass is 9.78. The molecule has 0 heterocycles. The Balaban J connectivity index is 1.78. The van der Waals surface area contributed by atoms with Crippen LogP contribution in [0, 0.1) is 5.92 Å². The average molecular weight is 298 g/mol. The lowest BCUT2D eigenvalue weighted by Gasteiger charge is -2.27. The second-order valence-electron chi connectivity index (χ2n) is 6.57. The maximum absolute atomic E-state index is 3.83. The Hall–Kier alpha value is -2.34. The summed E-state index contributed by atoms with van der Waals surface area (Å²) in [6.07, 6.45) is 15.7. The molecule has 0 fully saturated rings. The molecule has 0 radical (unpaired) electrons. The molecule has 2 aromatic carbocycles. The predicted molar refractivity (Wildman–Crippen MR) is 100 cm³/mol. The van der Waals surface area contributed by atoms with Gasteiger partial charge in [0.15, 0.2) is 0 Å². The van der Waals surface area contributed by atoms with E-state index in [2.05, 4.69) is 67.3 Å². The summed E-state index contributed by atoms with van der Waals surface area (Å²) < 4.78 is 0. The quantitative estimate of drug-likeness (QED) is 0.588. The molecular formula is C23H22. The SMILES string of the molecule is C=CCc1ccc2cc(C3=C4C=CC=CC4CCC3)ccc2c1. The van der Waals surface area contributed by atoms with Crippen LogP contribution in [0.3, 0.4) is 0 Å². The van der Waals surface area contributed by atoms with E-state index in [1.54, 1.807) is 5.57 Å². The van der Waals surface area contributed by atoms with Gasteiger partial charge in [0.25, 0.3) is 0 Å². The summed E-state index contributed by atoms with van der Waals surface area (Å²) in [7, 11) is 0. The average Bonchev–Trinajstić information content (AvgIpc) is 2.61. The van der Waals surface area contributed by atoms with Crippen LogP contribution >= 0.6 is 0 Å². The monoisotopic (exact) mass is 298 g/mol. The fourth-order valence-corrected chi connectivity index (χ4v) is 3.89. The van der Waals surface area contributed by atoms with Gasteiger partial charge in [0, 0.05) is 5.92 Å². The van der Waals surface area contributed by atoms with Gasteiger partial charge in [-0.3, -0.25) is 0 Å². The van der Waals surface area contributed by atoms with E-state index in [-0.39, 0.29) is 0 Å². The van der Waals surface area contributed by atoms with E-state index in [1.165, 1.54) is 46.7 Å². The van der Waals surface area contributed by atoms with Crippen molar-refractivity contribution >= 4 is 16.3 Å². The molecule has 1 unspecified atom stereocenters. The molecule has 0 amide bonds. The molecule has 114 valence electrons. The molecule has 2 aliphatic rings. The van der Waals surface area contributed by atoms with Crippen LogP contribution in [-0.2, 0) is 6.42 Å². The summed E-state index contributed by atoms with van der Waals surface area (Å²) in [6.45, 7) is 3.83. The Labute approximate surface area is 138 Å². The van der Waals surface area contributed by atoms with Gasteiger partial charge in [0.2, 0.25) is 0 Å². The first-order valence-electron chi connectivity index (χ1n) is 8.57. The molecule has 0 bridgehead atoms. The molecule has 0 heteroatoms. The smallest absolute Gasteiger partial charge is 0.00241 e. The highest BCUT2D eigenvalue weighted by atomic mass is 14.3. The van der Waals surface area contributed by atoms with Crippen molar-refractivity contribution in [1.29, 1.82) is 0 Å². The summed E-state index contributed by atoms with van der Waals surface area (Å²) in [5.41, 5.74) is 5.80. The lowest BCUT2D eigenvalue weighted by Crippen LogP contribution is -2.10. The summed E-state index contributed by atoms with van der Waals surface area (Å²) in [4.78, 5) is 0. The second kappa shape index (κ2) is 6.04. The van der Waals surface area contributed by atoms with Crippen LogP contribution in [0.5, 0.6) is 0 Å². The highest BCUT2D eigenvalue weighted by Gasteiger charge is 2.21. The molecule has 2 aliphatic carbocycles. The Kier molecular flexibility index (Phi) is 3.75. The van der Waals surface area contributed by atoms with Gasteiger partial charge in [-0.2, -0.15) is 0 Å². The van der Waals surface area contributed by atoms with Crippen molar-refractivity contribution in [2.24, 2.45) is 5.92 Å². The zero-order valence-electron chi connectivity index (χ0n) is 13.5. The normalized spacial score (nSPS) is 19.9. The first-order valence-corrected chi connectivity index (χ1v) is 8.57. The van der Waals surface area contributed by atoms with E-state index < -0.39 is 0 Å². The van der Waals surface area contributed by atoms with E-state index in [4.69, 9.17) is 0 Å². The third-order valence-corrected chi connectivity index (χ3v) is 5.05. The number of allylic oxidation sites excluding steroid dienone is 7. The van der Waals surface area contributed by atoms with Gasteiger partial charge < -0.3 is 0 Å². The number of fused-ring (bicyclic) bond motifs is 2. The molecule has 0 nitrogen and oxygen atoms in total. The number of hydrogen-bond donors (Lipinski definition) is 0. The predicted octanol–water partition coefficient (Wildman–Crippen LogP) is 6.25. The van der Waals surface area contributed by atoms with Gasteiger partial charge in [0.1, 0.15) is 0 Å². The Morgan fingerprint density at radius 1 is 1.04 bits per heavy atom. The van der Waals surface area contributed by atoms with Crippen molar-refractivity contribution in [2.45, 2.75) is 25.7 Å². The van der Waals surface area contributed by atoms with Crippen LogP contribution in [0.25, 0.3) is 16.3 Å². The molecule has 0 aliphatic heterocycles. The molecule has 4 rings (SSSR count). The number of benzene rings is 2. The first kappa shape index (κ1) is 14.3. The highest BCUT2D eigenvalue weighted by Crippen LogP contribution is 2.39. The van der Waals surface area contributed by atoms with Crippen LogP contribution in [0.2, 0.25) is 0 Å². The standard InChI is InChI=1S/C23H22/c1-2-6-17-11-12-20-16-21(14-13-19(20)15-17)23-10-5-8-18-7-3-4-9-22(18)23/h2-4,7,9,11-16,18H,1,5-6,8,10H2. The van der Waals surface area contributed by atoms with Crippen molar-refractivity contribution < 1.29 is 0 Å². The van der Waals surface area contributed by atoms with Gasteiger partial charge >= 0.3 is 0 Å². The minimum atomic E-state index is 0.620. The van der Waals surface area contributed by atoms with Crippen LogP contribution in [0.4, 0.5) is 0 Å². The summed E-state index contributed by atoms with van der Waals surface area (Å²) in [5, 5.41) is 2.66. The van der Waals surface area contributed by atoms with Gasteiger partial charge in [-0.15, -0.1) is 6.58 Å². The van der Waals surface area contributed by atoms with E-state index in [9.17, 15) is 0 Å². The molecule has 0 spiro atoms. The Morgan fingerprint density at radius 3 is 2.83 bits per heavy atom. The molecule has 0 aromatic heterocycles. The third kappa shape index (κ3) is 2.70. The van der Waals surface area contributed by atoms with Gasteiger partial charge in [-0.25, -0.2) is 0 Å². The van der Waals surface area contributed by atoms with Crippen molar-refractivity contribution in [3.63, 3.8) is 0 Å². The largest absolute Gasteiger partial charge is 0.103 e. The zero-order valence-corrected chi connectivity index (χ0v) is 13.5. The fourth-order valence-electron chi connectivity index (χ4n) is 3.89. The topological polar surface area (TPSA) is 0 Å². The Bertz CT molecular complexity index is 845. The van der Waals surface area contributed by atoms with Crippen LogP contribution < -0.4 is 0 Å². The summed E-state index contributed by atoms with van der Waals surface area (Å²) in [5.74, 6) is 0.620. The lowest BCUT2D eigenvalue weighted by molar-refractivity contribution is 0.616. The van der Waals surface area contributed by atoms with Crippen molar-refractivity contribution in [1.82, 2.24) is 0 Å². The fraction of sp³-hybridized carbons (Fsp3) is 0.217. The minimum absolute atomic E-state index is 0.620. The zero-order chi connectivity index (χ0) is 15.6. The maximum Gasteiger partial charge on any atom is 0.00241 e. The molecule has 0 saturated carbocycles. The van der Waals surface area contributed by atoms with E-state index >= 15 is 0 Å². The molecule has 2 aromatic rings. The summed E-state index contributed by atoms with van der Waals surface area (Å²) in [6, 6.07) is 13.7. The van der Waals surface area contributed by atoms with Crippen LogP contribution in [0.1, 0.15) is 30.4 Å². The number of hydrogen-bond acceptors (Lipinski definition) is 0. The van der Waals surface area contributed by atoms with Crippen LogP contribution in [-0.4, -0.2) is 0 Å². The molecule has 1 atom stereocenters.